The molecule has 2 rings (SSSR count). The van der Waals surface area contributed by atoms with Crippen molar-refractivity contribution >= 4 is 16.3 Å². The molecule has 0 saturated carbocycles. The van der Waals surface area contributed by atoms with E-state index in [4.69, 9.17) is 9.16 Å². The van der Waals surface area contributed by atoms with Crippen LogP contribution in [0.1, 0.15) is 12.8 Å². The van der Waals surface area contributed by atoms with Gasteiger partial charge in [0.2, 0.25) is 5.78 Å². The summed E-state index contributed by atoms with van der Waals surface area (Å²) in [5.74, 6) is 0.342. The molecule has 1 fully saturated rings. The van der Waals surface area contributed by atoms with Gasteiger partial charge in [0.15, 0.2) is 0 Å². The molecule has 2 aliphatic rings. The van der Waals surface area contributed by atoms with Gasteiger partial charge in [0.1, 0.15) is 11.9 Å². The molecule has 0 aromatic heterocycles. The Morgan fingerprint density at radius 1 is 1.64 bits per heavy atom. The molecular formula is C7H7O3Si. The summed E-state index contributed by atoms with van der Waals surface area (Å²) in [5, 5.41) is 0. The molecule has 2 heterocycles. The quantitative estimate of drug-likeness (QED) is 0.520. The van der Waals surface area contributed by atoms with Crippen molar-refractivity contribution in [3.8, 4) is 0 Å². The monoisotopic (exact) mass is 167 g/mol. The highest BCUT2D eigenvalue weighted by molar-refractivity contribution is 6.06. The van der Waals surface area contributed by atoms with E-state index in [0.29, 0.717) is 5.76 Å². The fraction of sp³-hybridized carbons (Fsp3) is 0.571. The molecule has 2 aliphatic heterocycles. The minimum absolute atomic E-state index is 0.0475. The van der Waals surface area contributed by atoms with Crippen LogP contribution in [0.5, 0.6) is 0 Å². The van der Waals surface area contributed by atoms with Gasteiger partial charge in [0.25, 0.3) is 0 Å². The van der Waals surface area contributed by atoms with Gasteiger partial charge in [-0.1, -0.05) is 0 Å². The van der Waals surface area contributed by atoms with E-state index in [1.165, 1.54) is 0 Å². The third-order valence-corrected chi connectivity index (χ3v) is 2.25. The van der Waals surface area contributed by atoms with Crippen LogP contribution in [0, 0.1) is 0 Å². The van der Waals surface area contributed by atoms with Crippen LogP contribution >= 0.6 is 0 Å². The molecule has 3 radical (unpaired) electrons. The van der Waals surface area contributed by atoms with E-state index in [0.717, 1.165) is 12.8 Å². The first-order chi connectivity index (χ1) is 5.31. The Balaban J connectivity index is 2.27. The van der Waals surface area contributed by atoms with Crippen LogP contribution in [0.4, 0.5) is 0 Å². The molecule has 1 saturated heterocycles. The number of Topliss-reactive ketones (excluding diaryl/α,β-unsaturated/α-hetero) is 1. The van der Waals surface area contributed by atoms with Crippen molar-refractivity contribution in [1.82, 2.24) is 0 Å². The van der Waals surface area contributed by atoms with Crippen LogP contribution in [-0.4, -0.2) is 28.5 Å². The lowest BCUT2D eigenvalue weighted by Crippen LogP contribution is -2.28. The van der Waals surface area contributed by atoms with Crippen molar-refractivity contribution in [3.63, 3.8) is 0 Å². The second-order valence-electron chi connectivity index (χ2n) is 2.74. The predicted octanol–water partition coefficient (Wildman–Crippen LogP) is 0.101. The van der Waals surface area contributed by atoms with Crippen LogP contribution in [-0.2, 0) is 14.0 Å². The Hall–Kier alpha value is -0.613. The lowest BCUT2D eigenvalue weighted by molar-refractivity contribution is -0.129. The van der Waals surface area contributed by atoms with Crippen molar-refractivity contribution in [3.05, 3.63) is 11.8 Å². The molecule has 0 N–H and O–H groups in total. The largest absolute Gasteiger partial charge is 0.538 e. The highest BCUT2D eigenvalue weighted by atomic mass is 28.2. The van der Waals surface area contributed by atoms with Crippen LogP contribution < -0.4 is 0 Å². The number of ether oxygens (including phenoxy) is 1. The molecule has 0 aromatic carbocycles. The fourth-order valence-electron chi connectivity index (χ4n) is 1.47. The first-order valence-corrected chi connectivity index (χ1v) is 3.97. The molecular weight excluding hydrogens is 160 g/mol. The predicted molar refractivity (Wildman–Crippen MR) is 37.8 cm³/mol. The summed E-state index contributed by atoms with van der Waals surface area (Å²) in [6, 6.07) is 0. The summed E-state index contributed by atoms with van der Waals surface area (Å²) >= 11 is 0. The minimum Gasteiger partial charge on any atom is -0.538 e. The highest BCUT2D eigenvalue weighted by Crippen LogP contribution is 2.28. The van der Waals surface area contributed by atoms with Gasteiger partial charge < -0.3 is 9.16 Å². The Kier molecular flexibility index (Phi) is 1.58. The smallest absolute Gasteiger partial charge is 0.341 e. The molecule has 2 unspecified atom stereocenters. The Bertz CT molecular complexity index is 224. The molecule has 3 nitrogen and oxygen atoms in total. The summed E-state index contributed by atoms with van der Waals surface area (Å²) in [5.41, 5.74) is 0. The number of hydrogen-bond donors (Lipinski definition) is 0. The third-order valence-electron chi connectivity index (χ3n) is 2.03. The molecule has 0 aliphatic carbocycles. The summed E-state index contributed by atoms with van der Waals surface area (Å²) in [7, 11) is 2.84. The van der Waals surface area contributed by atoms with Crippen molar-refractivity contribution in [2.75, 3.05) is 0 Å². The first kappa shape index (κ1) is 7.06. The zero-order valence-electron chi connectivity index (χ0n) is 5.87. The number of carbonyl (C=O) groups is 1. The standard InChI is InChI=1S/C7H7O3Si/c8-7-5-2-1-4(9-5)3-6(7)10-11/h3-5H,1-2H2. The van der Waals surface area contributed by atoms with E-state index in [1.54, 1.807) is 6.08 Å². The minimum atomic E-state index is -0.253. The third kappa shape index (κ3) is 1.02. The molecule has 2 bridgehead atoms. The molecule has 0 spiro atoms. The van der Waals surface area contributed by atoms with Crippen LogP contribution in [0.25, 0.3) is 0 Å². The van der Waals surface area contributed by atoms with Gasteiger partial charge in [0.05, 0.1) is 6.10 Å². The summed E-state index contributed by atoms with van der Waals surface area (Å²) in [4.78, 5) is 11.3. The van der Waals surface area contributed by atoms with Crippen LogP contribution in [0.2, 0.25) is 0 Å². The fourth-order valence-corrected chi connectivity index (χ4v) is 1.64. The summed E-state index contributed by atoms with van der Waals surface area (Å²) in [6.07, 6.45) is 3.30. The Labute approximate surface area is 67.9 Å². The van der Waals surface area contributed by atoms with E-state index in [1.807, 2.05) is 0 Å². The maximum Gasteiger partial charge on any atom is 0.341 e. The van der Waals surface area contributed by atoms with Gasteiger partial charge in [-0.05, 0) is 18.9 Å². The van der Waals surface area contributed by atoms with E-state index in [-0.39, 0.29) is 18.0 Å². The number of carbonyl (C=O) groups excluding carboxylic acids is 1. The molecule has 0 aromatic rings. The first-order valence-electron chi connectivity index (χ1n) is 3.56. The van der Waals surface area contributed by atoms with Gasteiger partial charge >= 0.3 is 10.5 Å². The number of rotatable bonds is 1. The van der Waals surface area contributed by atoms with E-state index >= 15 is 0 Å². The van der Waals surface area contributed by atoms with Gasteiger partial charge in [-0.15, -0.1) is 0 Å². The lowest BCUT2D eigenvalue weighted by Gasteiger charge is -2.17. The maximum absolute atomic E-state index is 11.3. The van der Waals surface area contributed by atoms with Crippen molar-refractivity contribution in [1.29, 1.82) is 0 Å². The zero-order valence-corrected chi connectivity index (χ0v) is 6.87. The SMILES string of the molecule is O=C1C(O[Si])=CC2CCC1O2. The molecule has 0 amide bonds. The van der Waals surface area contributed by atoms with E-state index < -0.39 is 0 Å². The van der Waals surface area contributed by atoms with E-state index in [9.17, 15) is 4.79 Å². The van der Waals surface area contributed by atoms with Gasteiger partial charge in [-0.3, -0.25) is 4.79 Å². The number of hydrogen-bond acceptors (Lipinski definition) is 3. The topological polar surface area (TPSA) is 35.5 Å². The molecule has 57 valence electrons. The van der Waals surface area contributed by atoms with Gasteiger partial charge in [0, 0.05) is 0 Å². The van der Waals surface area contributed by atoms with Gasteiger partial charge in [-0.25, -0.2) is 0 Å². The Morgan fingerprint density at radius 3 is 3.18 bits per heavy atom. The second-order valence-corrected chi connectivity index (χ2v) is 2.94. The molecule has 2 atom stereocenters. The second kappa shape index (κ2) is 2.46. The highest BCUT2D eigenvalue weighted by Gasteiger charge is 2.36. The summed E-state index contributed by atoms with van der Waals surface area (Å²) < 4.78 is 10.0. The number of fused-ring (bicyclic) bond motifs is 2. The van der Waals surface area contributed by atoms with Gasteiger partial charge in [-0.2, -0.15) is 0 Å². The average molecular weight is 167 g/mol. The van der Waals surface area contributed by atoms with Crippen molar-refractivity contribution in [2.45, 2.75) is 25.0 Å². The Morgan fingerprint density at radius 2 is 2.45 bits per heavy atom. The maximum atomic E-state index is 11.3. The average Bonchev–Trinajstić information content (AvgIpc) is 2.42. The zero-order chi connectivity index (χ0) is 7.84. The number of ketones is 1. The van der Waals surface area contributed by atoms with Crippen molar-refractivity contribution in [2.24, 2.45) is 0 Å². The van der Waals surface area contributed by atoms with Crippen LogP contribution in [0.3, 0.4) is 0 Å². The normalized spacial score (nSPS) is 35.4. The molecule has 4 heteroatoms. The lowest BCUT2D eigenvalue weighted by atomic mass is 10.2. The summed E-state index contributed by atoms with van der Waals surface area (Å²) in [6.45, 7) is 0. The van der Waals surface area contributed by atoms with Crippen LogP contribution in [0.15, 0.2) is 11.8 Å². The van der Waals surface area contributed by atoms with Crippen molar-refractivity contribution < 1.29 is 14.0 Å². The molecule has 11 heavy (non-hydrogen) atoms. The van der Waals surface area contributed by atoms with E-state index in [2.05, 4.69) is 10.5 Å².